The Labute approximate surface area is 115 Å². The van der Waals surface area contributed by atoms with E-state index in [-0.39, 0.29) is 6.61 Å². The van der Waals surface area contributed by atoms with Gasteiger partial charge in [0.05, 0.1) is 6.33 Å². The molecule has 6 heteroatoms. The van der Waals surface area contributed by atoms with Crippen molar-refractivity contribution in [2.24, 2.45) is 5.73 Å². The van der Waals surface area contributed by atoms with Crippen molar-refractivity contribution in [2.75, 3.05) is 0 Å². The van der Waals surface area contributed by atoms with Crippen LogP contribution in [-0.4, -0.2) is 22.0 Å². The van der Waals surface area contributed by atoms with Crippen molar-refractivity contribution in [3.05, 3.63) is 53.1 Å². The van der Waals surface area contributed by atoms with Gasteiger partial charge in [-0.05, 0) is 6.07 Å². The molecule has 0 spiro atoms. The normalized spacial score (nSPS) is 12.1. The fourth-order valence-corrected chi connectivity index (χ4v) is 1.78. The number of nitrogens with one attached hydrogen (secondary N) is 1. The lowest BCUT2D eigenvalue weighted by atomic mass is 10.2. The smallest absolute Gasteiger partial charge is 0.323 e. The third-order valence-electron chi connectivity index (χ3n) is 2.63. The highest BCUT2D eigenvalue weighted by atomic mass is 35.5. The Kier molecular flexibility index (Phi) is 4.54. The van der Waals surface area contributed by atoms with Crippen LogP contribution in [0.25, 0.3) is 0 Å². The van der Waals surface area contributed by atoms with Crippen LogP contribution in [0.4, 0.5) is 0 Å². The van der Waals surface area contributed by atoms with E-state index in [0.717, 1.165) is 11.3 Å². The van der Waals surface area contributed by atoms with Gasteiger partial charge in [-0.3, -0.25) is 4.79 Å². The third-order valence-corrected chi connectivity index (χ3v) is 2.99. The van der Waals surface area contributed by atoms with E-state index in [0.29, 0.717) is 11.4 Å². The number of carbonyl (C=O) groups is 1. The summed E-state index contributed by atoms with van der Waals surface area (Å²) in [5.74, 6) is -0.463. The van der Waals surface area contributed by atoms with Crippen LogP contribution in [0.15, 0.2) is 36.8 Å². The molecule has 1 aromatic carbocycles. The minimum absolute atomic E-state index is 0.120. The highest BCUT2D eigenvalue weighted by Gasteiger charge is 2.16. The van der Waals surface area contributed by atoms with Gasteiger partial charge in [0.1, 0.15) is 12.6 Å². The maximum Gasteiger partial charge on any atom is 0.323 e. The van der Waals surface area contributed by atoms with Gasteiger partial charge >= 0.3 is 5.97 Å². The molecule has 2 rings (SSSR count). The highest BCUT2D eigenvalue weighted by molar-refractivity contribution is 6.31. The molecule has 100 valence electrons. The molecule has 0 amide bonds. The van der Waals surface area contributed by atoms with Crippen molar-refractivity contribution < 1.29 is 9.53 Å². The van der Waals surface area contributed by atoms with Crippen LogP contribution in [0.2, 0.25) is 5.02 Å². The number of rotatable bonds is 5. The summed E-state index contributed by atoms with van der Waals surface area (Å²) in [5.41, 5.74) is 7.30. The lowest BCUT2D eigenvalue weighted by molar-refractivity contribution is -0.146. The molecule has 5 nitrogen and oxygen atoms in total. The van der Waals surface area contributed by atoms with Gasteiger partial charge in [-0.2, -0.15) is 0 Å². The fourth-order valence-electron chi connectivity index (χ4n) is 1.59. The number of aromatic amines is 1. The van der Waals surface area contributed by atoms with Crippen LogP contribution in [0, 0.1) is 0 Å². The summed E-state index contributed by atoms with van der Waals surface area (Å²) >= 11 is 5.97. The number of carbonyl (C=O) groups excluding carboxylic acids is 1. The summed E-state index contributed by atoms with van der Waals surface area (Å²) in [4.78, 5) is 18.5. The summed E-state index contributed by atoms with van der Waals surface area (Å²) < 4.78 is 5.14. The summed E-state index contributed by atoms with van der Waals surface area (Å²) in [6, 6.07) is 6.48. The largest absolute Gasteiger partial charge is 0.460 e. The SMILES string of the molecule is N[C@H](Cc1cnc[nH]1)C(=O)OCc1ccccc1Cl. The van der Waals surface area contributed by atoms with Crippen molar-refractivity contribution >= 4 is 17.6 Å². The molecule has 19 heavy (non-hydrogen) atoms. The monoisotopic (exact) mass is 279 g/mol. The van der Waals surface area contributed by atoms with Crippen LogP contribution in [0.1, 0.15) is 11.3 Å². The lowest BCUT2D eigenvalue weighted by Gasteiger charge is -2.11. The fraction of sp³-hybridized carbons (Fsp3) is 0.231. The summed E-state index contributed by atoms with van der Waals surface area (Å²) in [6.45, 7) is 0.120. The third kappa shape index (κ3) is 3.81. The van der Waals surface area contributed by atoms with E-state index in [9.17, 15) is 4.79 Å². The first-order valence-corrected chi connectivity index (χ1v) is 6.17. The van der Waals surface area contributed by atoms with Gasteiger partial charge in [0.25, 0.3) is 0 Å². The van der Waals surface area contributed by atoms with E-state index in [2.05, 4.69) is 9.97 Å². The van der Waals surface area contributed by atoms with Crippen molar-refractivity contribution in [3.63, 3.8) is 0 Å². The number of esters is 1. The second kappa shape index (κ2) is 6.36. The van der Waals surface area contributed by atoms with Gasteiger partial charge in [-0.1, -0.05) is 29.8 Å². The van der Waals surface area contributed by atoms with E-state index in [1.54, 1.807) is 18.3 Å². The molecule has 0 aliphatic carbocycles. The molecule has 0 saturated heterocycles. The summed E-state index contributed by atoms with van der Waals surface area (Å²) in [6.07, 6.45) is 3.53. The standard InChI is InChI=1S/C13H14ClN3O2/c14-11-4-2-1-3-9(11)7-19-13(18)12(15)5-10-6-16-8-17-10/h1-4,6,8,12H,5,7,15H2,(H,16,17)/t12-/m1/s1. The molecular formula is C13H14ClN3O2. The molecule has 2 aromatic rings. The maximum absolute atomic E-state index is 11.7. The molecule has 0 radical (unpaired) electrons. The minimum Gasteiger partial charge on any atom is -0.460 e. The topological polar surface area (TPSA) is 81.0 Å². The van der Waals surface area contributed by atoms with Gasteiger partial charge in [-0.25, -0.2) is 4.98 Å². The Morgan fingerprint density at radius 2 is 2.26 bits per heavy atom. The minimum atomic E-state index is -0.720. The van der Waals surface area contributed by atoms with Gasteiger partial charge in [-0.15, -0.1) is 0 Å². The Morgan fingerprint density at radius 1 is 1.47 bits per heavy atom. The van der Waals surface area contributed by atoms with Crippen LogP contribution in [-0.2, 0) is 22.6 Å². The Morgan fingerprint density at radius 3 is 2.95 bits per heavy atom. The van der Waals surface area contributed by atoms with Gasteiger partial charge in [0, 0.05) is 28.9 Å². The molecule has 1 atom stereocenters. The number of H-pyrrole nitrogens is 1. The lowest BCUT2D eigenvalue weighted by Crippen LogP contribution is -2.34. The molecular weight excluding hydrogens is 266 g/mol. The first-order valence-electron chi connectivity index (χ1n) is 5.79. The predicted octanol–water partition coefficient (Wildman–Crippen LogP) is 1.68. The second-order valence-electron chi connectivity index (χ2n) is 4.09. The molecule has 3 N–H and O–H groups in total. The van der Waals surface area contributed by atoms with Gasteiger partial charge in [0.2, 0.25) is 0 Å². The summed E-state index contributed by atoms with van der Waals surface area (Å²) in [5, 5.41) is 0.567. The zero-order chi connectivity index (χ0) is 13.7. The Balaban J connectivity index is 1.86. The number of imidazole rings is 1. The number of halogens is 1. The van der Waals surface area contributed by atoms with Crippen LogP contribution >= 0.6 is 11.6 Å². The number of hydrogen-bond donors (Lipinski definition) is 2. The zero-order valence-corrected chi connectivity index (χ0v) is 10.9. The molecule has 0 aliphatic heterocycles. The van der Waals surface area contributed by atoms with Crippen molar-refractivity contribution in [2.45, 2.75) is 19.1 Å². The average Bonchev–Trinajstić information content (AvgIpc) is 2.90. The number of aromatic nitrogens is 2. The van der Waals surface area contributed by atoms with E-state index in [1.165, 1.54) is 6.33 Å². The molecule has 0 bridgehead atoms. The quantitative estimate of drug-likeness (QED) is 0.816. The van der Waals surface area contributed by atoms with Crippen LogP contribution in [0.3, 0.4) is 0 Å². The second-order valence-corrected chi connectivity index (χ2v) is 4.49. The van der Waals surface area contributed by atoms with Gasteiger partial charge < -0.3 is 15.5 Å². The van der Waals surface area contributed by atoms with Crippen molar-refractivity contribution in [1.82, 2.24) is 9.97 Å². The van der Waals surface area contributed by atoms with E-state index >= 15 is 0 Å². The molecule has 0 unspecified atom stereocenters. The highest BCUT2D eigenvalue weighted by Crippen LogP contribution is 2.15. The van der Waals surface area contributed by atoms with Crippen LogP contribution < -0.4 is 5.73 Å². The number of ether oxygens (including phenoxy) is 1. The van der Waals surface area contributed by atoms with Crippen molar-refractivity contribution in [1.29, 1.82) is 0 Å². The number of nitrogens with two attached hydrogens (primary N) is 1. The van der Waals surface area contributed by atoms with E-state index < -0.39 is 12.0 Å². The number of nitrogens with zero attached hydrogens (tertiary/aromatic N) is 1. The molecule has 0 saturated carbocycles. The van der Waals surface area contributed by atoms with Crippen LogP contribution in [0.5, 0.6) is 0 Å². The molecule has 1 aromatic heterocycles. The predicted molar refractivity (Wildman–Crippen MR) is 71.5 cm³/mol. The number of benzene rings is 1. The Hall–Kier alpha value is -1.85. The van der Waals surface area contributed by atoms with E-state index in [4.69, 9.17) is 22.1 Å². The molecule has 1 heterocycles. The zero-order valence-electron chi connectivity index (χ0n) is 10.2. The van der Waals surface area contributed by atoms with E-state index in [1.807, 2.05) is 12.1 Å². The first kappa shape index (κ1) is 13.6. The molecule has 0 aliphatic rings. The maximum atomic E-state index is 11.7. The average molecular weight is 280 g/mol. The van der Waals surface area contributed by atoms with Crippen molar-refractivity contribution in [3.8, 4) is 0 Å². The summed E-state index contributed by atoms with van der Waals surface area (Å²) in [7, 11) is 0. The first-order chi connectivity index (χ1) is 9.16. The molecule has 0 fully saturated rings. The van der Waals surface area contributed by atoms with Gasteiger partial charge in [0.15, 0.2) is 0 Å². The Bertz CT molecular complexity index is 543. The number of hydrogen-bond acceptors (Lipinski definition) is 4.